The van der Waals surface area contributed by atoms with Crippen LogP contribution in [0.2, 0.25) is 0 Å². The lowest BCUT2D eigenvalue weighted by Crippen LogP contribution is -2.27. The second-order valence-corrected chi connectivity index (χ2v) is 5.78. The Balaban J connectivity index is 1.46. The molecule has 3 heterocycles. The average molecular weight is 361 g/mol. The average Bonchev–Trinajstić information content (AvgIpc) is 3.39. The van der Waals surface area contributed by atoms with Gasteiger partial charge in [-0.05, 0) is 31.2 Å². The second-order valence-electron chi connectivity index (χ2n) is 5.78. The lowest BCUT2D eigenvalue weighted by Gasteiger charge is -2.07. The molecule has 1 amide bonds. The lowest BCUT2D eigenvalue weighted by atomic mass is 10.2. The number of pyridine rings is 1. The highest BCUT2D eigenvalue weighted by molar-refractivity contribution is 5.92. The van der Waals surface area contributed by atoms with E-state index in [1.54, 1.807) is 31.6 Å². The molecule has 9 nitrogen and oxygen atoms in total. The van der Waals surface area contributed by atoms with Crippen LogP contribution < -0.4 is 5.32 Å². The van der Waals surface area contributed by atoms with Gasteiger partial charge in [0.05, 0.1) is 11.9 Å². The molecule has 0 spiro atoms. The largest absolute Gasteiger partial charge is 0.339 e. The van der Waals surface area contributed by atoms with E-state index < -0.39 is 6.04 Å². The zero-order valence-electron chi connectivity index (χ0n) is 14.4. The Labute approximate surface area is 154 Å². The first-order valence-electron chi connectivity index (χ1n) is 8.23. The van der Waals surface area contributed by atoms with Crippen molar-refractivity contribution >= 4 is 5.91 Å². The van der Waals surface area contributed by atoms with Gasteiger partial charge >= 0.3 is 0 Å². The molecule has 0 aliphatic heterocycles. The minimum atomic E-state index is -0.489. The number of carbonyl (C=O) groups excluding carboxylic acids is 1. The number of nitrogens with zero attached hydrogens (tertiary/aromatic N) is 6. The van der Waals surface area contributed by atoms with Gasteiger partial charge in [-0.15, -0.1) is 5.10 Å². The van der Waals surface area contributed by atoms with E-state index in [0.29, 0.717) is 5.82 Å². The predicted molar refractivity (Wildman–Crippen MR) is 94.8 cm³/mol. The fourth-order valence-corrected chi connectivity index (χ4v) is 2.43. The Morgan fingerprint density at radius 2 is 2.04 bits per heavy atom. The van der Waals surface area contributed by atoms with Crippen molar-refractivity contribution in [3.8, 4) is 17.1 Å². The Kier molecular flexibility index (Phi) is 4.40. The van der Waals surface area contributed by atoms with Crippen LogP contribution in [-0.4, -0.2) is 36.0 Å². The molecule has 1 unspecified atom stereocenters. The van der Waals surface area contributed by atoms with Crippen molar-refractivity contribution in [3.05, 3.63) is 72.6 Å². The van der Waals surface area contributed by atoms with E-state index in [1.807, 2.05) is 36.4 Å². The molecule has 0 saturated carbocycles. The molecule has 0 bridgehead atoms. The molecule has 1 N–H and O–H groups in total. The lowest BCUT2D eigenvalue weighted by molar-refractivity contribution is 0.0927. The maximum Gasteiger partial charge on any atom is 0.274 e. The highest BCUT2D eigenvalue weighted by Crippen LogP contribution is 2.17. The molecular weight excluding hydrogens is 346 g/mol. The maximum atomic E-state index is 12.4. The van der Waals surface area contributed by atoms with Crippen molar-refractivity contribution in [2.24, 2.45) is 0 Å². The number of rotatable bonds is 5. The first-order valence-corrected chi connectivity index (χ1v) is 8.23. The molecule has 1 aromatic carbocycles. The molecule has 0 aliphatic rings. The third-order valence-corrected chi connectivity index (χ3v) is 3.83. The van der Waals surface area contributed by atoms with Gasteiger partial charge in [0.25, 0.3) is 5.91 Å². The van der Waals surface area contributed by atoms with Crippen LogP contribution in [-0.2, 0) is 0 Å². The topological polar surface area (TPSA) is 112 Å². The monoisotopic (exact) mass is 361 g/mol. The fraction of sp³-hybridized carbons (Fsp3) is 0.111. The van der Waals surface area contributed by atoms with Crippen molar-refractivity contribution in [2.45, 2.75) is 13.0 Å². The number of amides is 1. The Morgan fingerprint density at radius 3 is 2.81 bits per heavy atom. The van der Waals surface area contributed by atoms with Crippen LogP contribution in [0.4, 0.5) is 0 Å². The zero-order chi connectivity index (χ0) is 18.6. The highest BCUT2D eigenvalue weighted by Gasteiger charge is 2.20. The standard InChI is InChI=1S/C18H15N7O2/c1-12(18-21-16(23-27-18)13-6-5-9-19-10-13)20-17(26)15-11-25(24-22-15)14-7-3-2-4-8-14/h2-12H,1H3,(H,20,26). The Hall–Kier alpha value is -3.88. The smallest absolute Gasteiger partial charge is 0.274 e. The third-order valence-electron chi connectivity index (χ3n) is 3.83. The van der Waals surface area contributed by atoms with E-state index in [4.69, 9.17) is 4.52 Å². The van der Waals surface area contributed by atoms with Gasteiger partial charge in [-0.3, -0.25) is 9.78 Å². The number of carbonyl (C=O) groups is 1. The minimum Gasteiger partial charge on any atom is -0.339 e. The number of para-hydroxylation sites is 1. The molecule has 134 valence electrons. The van der Waals surface area contributed by atoms with Crippen molar-refractivity contribution in [3.63, 3.8) is 0 Å². The second kappa shape index (κ2) is 7.16. The van der Waals surface area contributed by atoms with E-state index in [0.717, 1.165) is 11.3 Å². The van der Waals surface area contributed by atoms with Crippen LogP contribution in [0.3, 0.4) is 0 Å². The summed E-state index contributed by atoms with van der Waals surface area (Å²) < 4.78 is 6.78. The fourth-order valence-electron chi connectivity index (χ4n) is 2.43. The molecule has 0 fully saturated rings. The van der Waals surface area contributed by atoms with Gasteiger partial charge in [0, 0.05) is 18.0 Å². The number of aromatic nitrogens is 6. The molecule has 0 saturated heterocycles. The quantitative estimate of drug-likeness (QED) is 0.580. The summed E-state index contributed by atoms with van der Waals surface area (Å²) in [6, 6.07) is 12.5. The summed E-state index contributed by atoms with van der Waals surface area (Å²) in [6.07, 6.45) is 4.86. The molecule has 4 aromatic rings. The Morgan fingerprint density at radius 1 is 1.19 bits per heavy atom. The summed E-state index contributed by atoms with van der Waals surface area (Å²) >= 11 is 0. The molecule has 0 radical (unpaired) electrons. The number of nitrogens with one attached hydrogen (secondary N) is 1. The number of hydrogen-bond donors (Lipinski definition) is 1. The van der Waals surface area contributed by atoms with Gasteiger partial charge in [0.15, 0.2) is 5.69 Å². The minimum absolute atomic E-state index is 0.192. The number of benzene rings is 1. The van der Waals surface area contributed by atoms with Gasteiger partial charge in [-0.1, -0.05) is 28.6 Å². The zero-order valence-corrected chi connectivity index (χ0v) is 14.4. The van der Waals surface area contributed by atoms with Gasteiger partial charge in [-0.2, -0.15) is 4.98 Å². The molecule has 27 heavy (non-hydrogen) atoms. The summed E-state index contributed by atoms with van der Waals surface area (Å²) in [4.78, 5) is 20.8. The maximum absolute atomic E-state index is 12.4. The molecule has 3 aromatic heterocycles. The van der Waals surface area contributed by atoms with Gasteiger partial charge in [0.1, 0.15) is 6.04 Å². The molecule has 1 atom stereocenters. The third kappa shape index (κ3) is 3.56. The van der Waals surface area contributed by atoms with Crippen molar-refractivity contribution in [2.75, 3.05) is 0 Å². The van der Waals surface area contributed by atoms with E-state index in [1.165, 1.54) is 4.68 Å². The predicted octanol–water partition coefficient (Wildman–Crippen LogP) is 2.20. The Bertz CT molecular complexity index is 1040. The van der Waals surface area contributed by atoms with Crippen molar-refractivity contribution in [1.82, 2.24) is 35.4 Å². The summed E-state index contributed by atoms with van der Waals surface area (Å²) in [5.41, 5.74) is 1.74. The van der Waals surface area contributed by atoms with Crippen molar-refractivity contribution < 1.29 is 9.32 Å². The van der Waals surface area contributed by atoms with Gasteiger partial charge in [0.2, 0.25) is 11.7 Å². The van der Waals surface area contributed by atoms with E-state index >= 15 is 0 Å². The van der Waals surface area contributed by atoms with Crippen LogP contribution in [0.5, 0.6) is 0 Å². The van der Waals surface area contributed by atoms with Gasteiger partial charge in [-0.25, -0.2) is 4.68 Å². The molecular formula is C18H15N7O2. The van der Waals surface area contributed by atoms with E-state index in [2.05, 4.69) is 30.8 Å². The van der Waals surface area contributed by atoms with Crippen LogP contribution in [0, 0.1) is 0 Å². The summed E-state index contributed by atoms with van der Waals surface area (Å²) in [7, 11) is 0. The van der Waals surface area contributed by atoms with Gasteiger partial charge < -0.3 is 9.84 Å². The van der Waals surface area contributed by atoms with E-state index in [9.17, 15) is 4.79 Å². The summed E-state index contributed by atoms with van der Waals surface area (Å²) in [5, 5.41) is 14.6. The molecule has 9 heteroatoms. The van der Waals surface area contributed by atoms with E-state index in [-0.39, 0.29) is 17.5 Å². The first kappa shape index (κ1) is 16.6. The summed E-state index contributed by atoms with van der Waals surface area (Å²) in [5.74, 6) is 0.317. The van der Waals surface area contributed by atoms with Crippen LogP contribution in [0.15, 0.2) is 65.6 Å². The molecule has 0 aliphatic carbocycles. The summed E-state index contributed by atoms with van der Waals surface area (Å²) in [6.45, 7) is 1.75. The van der Waals surface area contributed by atoms with Crippen molar-refractivity contribution in [1.29, 1.82) is 0 Å². The SMILES string of the molecule is CC(NC(=O)c1cn(-c2ccccc2)nn1)c1nc(-c2cccnc2)no1. The number of hydrogen-bond acceptors (Lipinski definition) is 7. The van der Waals surface area contributed by atoms with Crippen LogP contribution in [0.1, 0.15) is 29.3 Å². The molecule has 4 rings (SSSR count). The normalized spacial score (nSPS) is 11.9. The highest BCUT2D eigenvalue weighted by atomic mass is 16.5. The van der Waals surface area contributed by atoms with Crippen LogP contribution in [0.25, 0.3) is 17.1 Å². The van der Waals surface area contributed by atoms with Crippen LogP contribution >= 0.6 is 0 Å². The first-order chi connectivity index (χ1) is 13.2.